The average Bonchev–Trinajstić information content (AvgIpc) is 3.37. The summed E-state index contributed by atoms with van der Waals surface area (Å²) in [6, 6.07) is 15.4. The molecule has 0 spiro atoms. The van der Waals surface area contributed by atoms with Gasteiger partial charge in [-0.25, -0.2) is 9.97 Å². The summed E-state index contributed by atoms with van der Waals surface area (Å²) in [7, 11) is 1.94. The van der Waals surface area contributed by atoms with Crippen molar-refractivity contribution in [3.8, 4) is 34.6 Å². The van der Waals surface area contributed by atoms with Gasteiger partial charge in [0.2, 0.25) is 11.7 Å². The standard InChI is InChI=1S/C21H13BrN5O2/c1-27-9-8-13-4-7-16(10-18(13)27)28-19-12-23-17(11-24-19)21-25-20(26-29-21)14-2-5-15(22)6-3-14/h2-8,10-12H,1H3. The highest BCUT2D eigenvalue weighted by atomic mass is 79.9. The summed E-state index contributed by atoms with van der Waals surface area (Å²) in [4.78, 5) is 13.0. The lowest BCUT2D eigenvalue weighted by molar-refractivity contribution is 0.429. The van der Waals surface area contributed by atoms with Crippen LogP contribution in [0.15, 0.2) is 69.9 Å². The Morgan fingerprint density at radius 1 is 1.07 bits per heavy atom. The zero-order chi connectivity index (χ0) is 19.8. The Bertz CT molecular complexity index is 1290. The molecule has 2 aromatic carbocycles. The number of aromatic nitrogens is 5. The minimum atomic E-state index is 0.294. The molecule has 29 heavy (non-hydrogen) atoms. The quantitative estimate of drug-likeness (QED) is 0.384. The molecule has 3 aromatic heterocycles. The van der Waals surface area contributed by atoms with Gasteiger partial charge in [-0.3, -0.25) is 0 Å². The number of halogens is 1. The van der Waals surface area contributed by atoms with Crippen LogP contribution in [-0.4, -0.2) is 24.7 Å². The van der Waals surface area contributed by atoms with E-state index in [0.29, 0.717) is 29.0 Å². The Morgan fingerprint density at radius 3 is 2.72 bits per heavy atom. The van der Waals surface area contributed by atoms with Crippen LogP contribution in [0.25, 0.3) is 33.9 Å². The molecule has 0 atom stereocenters. The number of hydrogen-bond donors (Lipinski definition) is 0. The van der Waals surface area contributed by atoms with Gasteiger partial charge in [0.15, 0.2) is 0 Å². The topological polar surface area (TPSA) is 78.9 Å². The van der Waals surface area contributed by atoms with Gasteiger partial charge in [-0.15, -0.1) is 0 Å². The first kappa shape index (κ1) is 17.6. The molecule has 5 rings (SSSR count). The Kier molecular flexibility index (Phi) is 4.33. The van der Waals surface area contributed by atoms with Crippen LogP contribution in [0.5, 0.6) is 11.6 Å². The summed E-state index contributed by atoms with van der Waals surface area (Å²) in [6.45, 7) is 0. The second kappa shape index (κ2) is 7.14. The lowest BCUT2D eigenvalue weighted by atomic mass is 10.2. The van der Waals surface area contributed by atoms with Crippen LogP contribution in [0.4, 0.5) is 0 Å². The van der Waals surface area contributed by atoms with Gasteiger partial charge in [0.1, 0.15) is 11.4 Å². The lowest BCUT2D eigenvalue weighted by Gasteiger charge is -2.05. The van der Waals surface area contributed by atoms with Gasteiger partial charge in [0.25, 0.3) is 5.89 Å². The van der Waals surface area contributed by atoms with Gasteiger partial charge in [0.05, 0.1) is 24.1 Å². The molecule has 0 amide bonds. The molecule has 0 aliphatic carbocycles. The molecular formula is C21H13BrN5O2. The molecule has 0 bridgehead atoms. The largest absolute Gasteiger partial charge is 0.437 e. The van der Waals surface area contributed by atoms with Crippen molar-refractivity contribution >= 4 is 26.8 Å². The normalized spacial score (nSPS) is 11.1. The Morgan fingerprint density at radius 2 is 1.93 bits per heavy atom. The maximum atomic E-state index is 5.82. The summed E-state index contributed by atoms with van der Waals surface area (Å²) < 4.78 is 14.0. The van der Waals surface area contributed by atoms with Crippen molar-refractivity contribution in [2.75, 3.05) is 0 Å². The predicted molar refractivity (Wildman–Crippen MR) is 110 cm³/mol. The van der Waals surface area contributed by atoms with Crippen molar-refractivity contribution in [1.82, 2.24) is 24.7 Å². The second-order valence-electron chi connectivity index (χ2n) is 6.33. The van der Waals surface area contributed by atoms with E-state index in [1.165, 1.54) is 6.20 Å². The number of ether oxygens (including phenoxy) is 1. The van der Waals surface area contributed by atoms with E-state index < -0.39 is 0 Å². The van der Waals surface area contributed by atoms with Gasteiger partial charge < -0.3 is 13.8 Å². The van der Waals surface area contributed by atoms with Crippen molar-refractivity contribution < 1.29 is 9.26 Å². The van der Waals surface area contributed by atoms with Crippen LogP contribution in [0.1, 0.15) is 0 Å². The predicted octanol–water partition coefficient (Wildman–Crippen LogP) is 5.04. The molecule has 141 valence electrons. The number of rotatable bonds is 4. The van der Waals surface area contributed by atoms with Crippen molar-refractivity contribution in [2.45, 2.75) is 0 Å². The van der Waals surface area contributed by atoms with Crippen LogP contribution >= 0.6 is 15.9 Å². The Hall–Kier alpha value is -3.52. The molecule has 0 aliphatic heterocycles. The summed E-state index contributed by atoms with van der Waals surface area (Å²) in [5.41, 5.74) is 2.35. The van der Waals surface area contributed by atoms with Crippen LogP contribution in [0.3, 0.4) is 0 Å². The highest BCUT2D eigenvalue weighted by Gasteiger charge is 2.13. The SMILES string of the molecule is Cn1[c]cc2ccc(Oc3cnc(-c4nc(-c5ccc(Br)cc5)no4)cn3)cc21. The zero-order valence-electron chi connectivity index (χ0n) is 15.2. The third kappa shape index (κ3) is 3.50. The van der Waals surface area contributed by atoms with Gasteiger partial charge in [-0.05, 0) is 42.5 Å². The van der Waals surface area contributed by atoms with Gasteiger partial charge in [-0.1, -0.05) is 21.1 Å². The van der Waals surface area contributed by atoms with E-state index in [2.05, 4.69) is 42.2 Å². The minimum Gasteiger partial charge on any atom is -0.437 e. The maximum Gasteiger partial charge on any atom is 0.278 e. The molecule has 0 N–H and O–H groups in total. The third-order valence-corrected chi connectivity index (χ3v) is 4.90. The van der Waals surface area contributed by atoms with E-state index in [9.17, 15) is 0 Å². The van der Waals surface area contributed by atoms with E-state index in [1.54, 1.807) is 6.20 Å². The summed E-state index contributed by atoms with van der Waals surface area (Å²) >= 11 is 3.41. The third-order valence-electron chi connectivity index (χ3n) is 4.38. The first-order valence-corrected chi connectivity index (χ1v) is 9.52. The monoisotopic (exact) mass is 446 g/mol. The van der Waals surface area contributed by atoms with E-state index in [0.717, 1.165) is 20.9 Å². The molecule has 5 aromatic rings. The maximum absolute atomic E-state index is 5.82. The molecule has 0 saturated heterocycles. The van der Waals surface area contributed by atoms with Crippen LogP contribution in [-0.2, 0) is 7.05 Å². The smallest absolute Gasteiger partial charge is 0.278 e. The van der Waals surface area contributed by atoms with Crippen molar-refractivity contribution in [2.24, 2.45) is 7.05 Å². The number of aryl methyl sites for hydroxylation is 1. The van der Waals surface area contributed by atoms with E-state index in [4.69, 9.17) is 9.26 Å². The van der Waals surface area contributed by atoms with Crippen LogP contribution in [0.2, 0.25) is 0 Å². The van der Waals surface area contributed by atoms with Crippen molar-refractivity contribution in [3.63, 3.8) is 0 Å². The summed E-state index contributed by atoms with van der Waals surface area (Å²) in [5.74, 6) is 1.83. The van der Waals surface area contributed by atoms with E-state index >= 15 is 0 Å². The highest BCUT2D eigenvalue weighted by molar-refractivity contribution is 9.10. The van der Waals surface area contributed by atoms with E-state index in [1.807, 2.05) is 60.1 Å². The first-order chi connectivity index (χ1) is 14.2. The first-order valence-electron chi connectivity index (χ1n) is 8.73. The number of fused-ring (bicyclic) bond motifs is 1. The second-order valence-corrected chi connectivity index (χ2v) is 7.24. The lowest BCUT2D eigenvalue weighted by Crippen LogP contribution is -1.92. The number of nitrogens with zero attached hydrogens (tertiary/aromatic N) is 5. The minimum absolute atomic E-state index is 0.294. The molecular weight excluding hydrogens is 434 g/mol. The van der Waals surface area contributed by atoms with Gasteiger partial charge in [0, 0.05) is 28.5 Å². The van der Waals surface area contributed by atoms with Gasteiger partial charge >= 0.3 is 0 Å². The Balaban J connectivity index is 1.36. The van der Waals surface area contributed by atoms with Gasteiger partial charge in [-0.2, -0.15) is 4.98 Å². The molecule has 0 fully saturated rings. The molecule has 7 nitrogen and oxygen atoms in total. The zero-order valence-corrected chi connectivity index (χ0v) is 16.8. The van der Waals surface area contributed by atoms with Crippen LogP contribution < -0.4 is 4.74 Å². The molecule has 8 heteroatoms. The Labute approximate surface area is 174 Å². The van der Waals surface area contributed by atoms with E-state index in [-0.39, 0.29) is 0 Å². The fourth-order valence-electron chi connectivity index (χ4n) is 2.88. The summed E-state index contributed by atoms with van der Waals surface area (Å²) in [5, 5.41) is 5.11. The molecule has 0 unspecified atom stereocenters. The number of benzene rings is 2. The van der Waals surface area contributed by atoms with Crippen molar-refractivity contribution in [1.29, 1.82) is 0 Å². The average molecular weight is 447 g/mol. The molecule has 0 aliphatic rings. The molecule has 0 saturated carbocycles. The summed E-state index contributed by atoms with van der Waals surface area (Å²) in [6.07, 6.45) is 6.19. The molecule has 3 heterocycles. The number of hydrogen-bond acceptors (Lipinski definition) is 6. The fourth-order valence-corrected chi connectivity index (χ4v) is 3.14. The van der Waals surface area contributed by atoms with Crippen molar-refractivity contribution in [3.05, 3.63) is 71.6 Å². The highest BCUT2D eigenvalue weighted by Crippen LogP contribution is 2.26. The molecule has 1 radical (unpaired) electrons. The van der Waals surface area contributed by atoms with Crippen LogP contribution in [0, 0.1) is 6.20 Å². The fraction of sp³-hybridized carbons (Fsp3) is 0.0476.